The van der Waals surface area contributed by atoms with E-state index in [2.05, 4.69) is 10.6 Å². The fourth-order valence-corrected chi connectivity index (χ4v) is 5.45. The molecule has 1 aliphatic rings. The number of rotatable bonds is 8. The first-order valence-electron chi connectivity index (χ1n) is 10.7. The zero-order valence-electron chi connectivity index (χ0n) is 18.8. The Balaban J connectivity index is 1.77. The third-order valence-corrected chi connectivity index (χ3v) is 7.66. The summed E-state index contributed by atoms with van der Waals surface area (Å²) >= 11 is 0. The van der Waals surface area contributed by atoms with Gasteiger partial charge in [-0.2, -0.15) is 0 Å². The summed E-state index contributed by atoms with van der Waals surface area (Å²) in [6.07, 6.45) is 0.508. The summed E-state index contributed by atoms with van der Waals surface area (Å²) in [6.45, 7) is 1.72. The van der Waals surface area contributed by atoms with Gasteiger partial charge in [0.15, 0.2) is 0 Å². The van der Waals surface area contributed by atoms with E-state index in [1.165, 1.54) is 36.5 Å². The van der Waals surface area contributed by atoms with Crippen LogP contribution in [0.15, 0.2) is 83.8 Å². The molecular formula is C25H25N3O5S. The van der Waals surface area contributed by atoms with Crippen LogP contribution in [0.25, 0.3) is 0 Å². The van der Waals surface area contributed by atoms with Gasteiger partial charge in [-0.3, -0.25) is 14.4 Å². The number of nitrogens with zero attached hydrogens (tertiary/aromatic N) is 1. The van der Waals surface area contributed by atoms with Crippen molar-refractivity contribution in [2.45, 2.75) is 23.8 Å². The zero-order chi connectivity index (χ0) is 24.3. The zero-order valence-corrected chi connectivity index (χ0v) is 19.6. The molecule has 1 aliphatic heterocycles. The van der Waals surface area contributed by atoms with Gasteiger partial charge < -0.3 is 10.1 Å². The topological polar surface area (TPSA) is 105 Å². The molecule has 9 heteroatoms. The minimum absolute atomic E-state index is 0.0182. The molecule has 34 heavy (non-hydrogen) atoms. The molecule has 0 aliphatic carbocycles. The van der Waals surface area contributed by atoms with Gasteiger partial charge in [0, 0.05) is 12.1 Å². The molecule has 1 heterocycles. The van der Waals surface area contributed by atoms with Crippen LogP contribution in [0.2, 0.25) is 0 Å². The van der Waals surface area contributed by atoms with Gasteiger partial charge in [0.2, 0.25) is 0 Å². The van der Waals surface area contributed by atoms with E-state index >= 15 is 0 Å². The van der Waals surface area contributed by atoms with Gasteiger partial charge in [-0.15, -0.1) is 0 Å². The highest BCUT2D eigenvalue weighted by atomic mass is 32.2. The highest BCUT2D eigenvalue weighted by Crippen LogP contribution is 2.35. The summed E-state index contributed by atoms with van der Waals surface area (Å²) < 4.78 is 34.5. The lowest BCUT2D eigenvalue weighted by Crippen LogP contribution is -2.41. The summed E-state index contributed by atoms with van der Waals surface area (Å²) in [5.41, 5.74) is 0.298. The standard InChI is InChI=1S/C25H25N3O5S/c1-25(23(29)26-24(30)27-25)21-17-20(13-14-22(21)33-2)34(31,32)28(19-11-7-4-8-12-19)16-15-18-9-5-3-6-10-18/h3-14,17H,15-16H2,1-2H3,(H2,26,27,29,30)/t25-/m1/s1. The number of anilines is 1. The van der Waals surface area contributed by atoms with E-state index in [4.69, 9.17) is 4.74 Å². The van der Waals surface area contributed by atoms with Crippen LogP contribution in [0, 0.1) is 0 Å². The quantitative estimate of drug-likeness (QED) is 0.483. The highest BCUT2D eigenvalue weighted by Gasteiger charge is 2.46. The predicted octanol–water partition coefficient (Wildman–Crippen LogP) is 3.19. The Bertz CT molecular complexity index is 1310. The van der Waals surface area contributed by atoms with E-state index in [1.54, 1.807) is 24.3 Å². The molecule has 176 valence electrons. The van der Waals surface area contributed by atoms with Crippen molar-refractivity contribution in [2.24, 2.45) is 0 Å². The molecule has 0 bridgehead atoms. The number of methoxy groups -OCH3 is 1. The van der Waals surface area contributed by atoms with E-state index in [-0.39, 0.29) is 22.8 Å². The number of hydrogen-bond donors (Lipinski definition) is 2. The third kappa shape index (κ3) is 4.34. The van der Waals surface area contributed by atoms with E-state index in [9.17, 15) is 18.0 Å². The maximum Gasteiger partial charge on any atom is 0.322 e. The van der Waals surface area contributed by atoms with Crippen LogP contribution in [0.4, 0.5) is 10.5 Å². The Morgan fingerprint density at radius 3 is 2.18 bits per heavy atom. The first kappa shape index (κ1) is 23.3. The first-order valence-corrected chi connectivity index (χ1v) is 12.1. The largest absolute Gasteiger partial charge is 0.496 e. The molecule has 0 saturated carbocycles. The second-order valence-corrected chi connectivity index (χ2v) is 9.91. The van der Waals surface area contributed by atoms with Crippen molar-refractivity contribution in [1.82, 2.24) is 10.6 Å². The van der Waals surface area contributed by atoms with Crippen LogP contribution in [-0.2, 0) is 26.8 Å². The van der Waals surface area contributed by atoms with Crippen molar-refractivity contribution in [2.75, 3.05) is 18.0 Å². The molecule has 0 unspecified atom stereocenters. The number of amides is 3. The smallest absolute Gasteiger partial charge is 0.322 e. The van der Waals surface area contributed by atoms with Crippen LogP contribution in [0.3, 0.4) is 0 Å². The molecule has 0 aromatic heterocycles. The minimum atomic E-state index is -4.03. The van der Waals surface area contributed by atoms with Crippen LogP contribution in [0.1, 0.15) is 18.1 Å². The predicted molar refractivity (Wildman–Crippen MR) is 128 cm³/mol. The van der Waals surface area contributed by atoms with Gasteiger partial charge >= 0.3 is 6.03 Å². The van der Waals surface area contributed by atoms with Crippen molar-refractivity contribution in [3.8, 4) is 5.75 Å². The number of carbonyl (C=O) groups excluding carboxylic acids is 2. The Labute approximate surface area is 198 Å². The van der Waals surface area contributed by atoms with Gasteiger partial charge in [-0.25, -0.2) is 13.2 Å². The summed E-state index contributed by atoms with van der Waals surface area (Å²) in [7, 11) is -2.61. The summed E-state index contributed by atoms with van der Waals surface area (Å²) in [6, 6.07) is 22.1. The molecule has 1 fully saturated rings. The maximum atomic E-state index is 13.9. The molecule has 1 atom stereocenters. The van der Waals surface area contributed by atoms with Crippen molar-refractivity contribution in [1.29, 1.82) is 0 Å². The number of imide groups is 1. The monoisotopic (exact) mass is 479 g/mol. The Morgan fingerprint density at radius 2 is 1.59 bits per heavy atom. The molecule has 0 radical (unpaired) electrons. The number of nitrogens with one attached hydrogen (secondary N) is 2. The molecule has 1 saturated heterocycles. The van der Waals surface area contributed by atoms with Gasteiger partial charge in [0.25, 0.3) is 15.9 Å². The van der Waals surface area contributed by atoms with E-state index < -0.39 is 27.5 Å². The van der Waals surface area contributed by atoms with Crippen LogP contribution >= 0.6 is 0 Å². The van der Waals surface area contributed by atoms with Crippen molar-refractivity contribution < 1.29 is 22.7 Å². The molecule has 3 aromatic rings. The van der Waals surface area contributed by atoms with Crippen LogP contribution in [0.5, 0.6) is 5.75 Å². The maximum absolute atomic E-state index is 13.9. The number of benzene rings is 3. The lowest BCUT2D eigenvalue weighted by Gasteiger charge is -2.27. The second-order valence-electron chi connectivity index (χ2n) is 8.04. The van der Waals surface area contributed by atoms with Gasteiger partial charge in [-0.05, 0) is 49.2 Å². The minimum Gasteiger partial charge on any atom is -0.496 e. The normalized spacial score (nSPS) is 17.7. The number of hydrogen-bond acceptors (Lipinski definition) is 5. The number of ether oxygens (including phenoxy) is 1. The Kier molecular flexibility index (Phi) is 6.30. The molecule has 8 nitrogen and oxygen atoms in total. The van der Waals surface area contributed by atoms with Crippen molar-refractivity contribution >= 4 is 27.6 Å². The van der Waals surface area contributed by atoms with Crippen LogP contribution in [-0.4, -0.2) is 34.0 Å². The molecule has 3 amide bonds. The number of urea groups is 1. The second kappa shape index (κ2) is 9.18. The lowest BCUT2D eigenvalue weighted by molar-refractivity contribution is -0.123. The van der Waals surface area contributed by atoms with Crippen molar-refractivity contribution in [3.63, 3.8) is 0 Å². The Hall–Kier alpha value is -3.85. The van der Waals surface area contributed by atoms with E-state index in [1.807, 2.05) is 36.4 Å². The molecule has 3 aromatic carbocycles. The molecule has 4 rings (SSSR count). The van der Waals surface area contributed by atoms with Gasteiger partial charge in [-0.1, -0.05) is 48.5 Å². The number of sulfonamides is 1. The Morgan fingerprint density at radius 1 is 0.941 bits per heavy atom. The molecule has 0 spiro atoms. The third-order valence-electron chi connectivity index (χ3n) is 5.83. The highest BCUT2D eigenvalue weighted by molar-refractivity contribution is 7.92. The van der Waals surface area contributed by atoms with Crippen molar-refractivity contribution in [3.05, 3.63) is 90.0 Å². The SMILES string of the molecule is COc1ccc(S(=O)(=O)N(CCc2ccccc2)c2ccccc2)cc1[C@@]1(C)NC(=O)NC1=O. The number of carbonyl (C=O) groups is 2. The van der Waals surface area contributed by atoms with E-state index in [0.29, 0.717) is 12.1 Å². The fraction of sp³-hybridized carbons (Fsp3) is 0.200. The molecular weight excluding hydrogens is 454 g/mol. The van der Waals surface area contributed by atoms with Crippen LogP contribution < -0.4 is 19.7 Å². The average Bonchev–Trinajstić information content (AvgIpc) is 3.11. The van der Waals surface area contributed by atoms with Gasteiger partial charge in [0.05, 0.1) is 17.7 Å². The van der Waals surface area contributed by atoms with E-state index in [0.717, 1.165) is 5.56 Å². The first-order chi connectivity index (χ1) is 16.3. The molecule has 2 N–H and O–H groups in total. The van der Waals surface area contributed by atoms with Gasteiger partial charge in [0.1, 0.15) is 11.3 Å². The fourth-order valence-electron chi connectivity index (χ4n) is 3.96. The summed E-state index contributed by atoms with van der Waals surface area (Å²) in [5, 5.41) is 4.77. The summed E-state index contributed by atoms with van der Waals surface area (Å²) in [4.78, 5) is 24.3. The number of para-hydroxylation sites is 1. The summed E-state index contributed by atoms with van der Waals surface area (Å²) in [5.74, 6) is -0.302. The average molecular weight is 480 g/mol. The lowest BCUT2D eigenvalue weighted by atomic mass is 9.91.